The van der Waals surface area contributed by atoms with Crippen molar-refractivity contribution >= 4 is 29.7 Å². The molecule has 1 aliphatic heterocycles. The van der Waals surface area contributed by atoms with Gasteiger partial charge in [-0.1, -0.05) is 88.1 Å². The monoisotopic (exact) mass is 727 g/mol. The number of benzene rings is 1. The summed E-state index contributed by atoms with van der Waals surface area (Å²) in [4.78, 5) is 69.0. The minimum Gasteiger partial charge on any atom is -0.444 e. The summed E-state index contributed by atoms with van der Waals surface area (Å²) in [6, 6.07) is 6.25. The van der Waals surface area contributed by atoms with Crippen molar-refractivity contribution in [3.05, 3.63) is 35.9 Å². The van der Waals surface area contributed by atoms with Crippen molar-refractivity contribution in [2.24, 2.45) is 11.7 Å². The van der Waals surface area contributed by atoms with E-state index in [1.807, 2.05) is 30.3 Å². The Bertz CT molecular complexity index is 1260. The Kier molecular flexibility index (Phi) is 18.4. The lowest BCUT2D eigenvalue weighted by molar-refractivity contribution is -0.143. The lowest BCUT2D eigenvalue weighted by atomic mass is 9.83. The highest BCUT2D eigenvalue weighted by Gasteiger charge is 2.42. The van der Waals surface area contributed by atoms with Crippen molar-refractivity contribution in [1.29, 1.82) is 0 Å². The average Bonchev–Trinajstić information content (AvgIpc) is 3.61. The van der Waals surface area contributed by atoms with Crippen LogP contribution in [0.25, 0.3) is 0 Å². The maximum absolute atomic E-state index is 14.3. The van der Waals surface area contributed by atoms with Gasteiger partial charge in [0.05, 0.1) is 0 Å². The first-order valence-corrected chi connectivity index (χ1v) is 19.8. The van der Waals surface area contributed by atoms with Crippen LogP contribution in [0.2, 0.25) is 0 Å². The van der Waals surface area contributed by atoms with E-state index in [2.05, 4.69) is 21.3 Å². The van der Waals surface area contributed by atoms with Crippen molar-refractivity contribution in [1.82, 2.24) is 26.2 Å². The Morgan fingerprint density at radius 3 is 2.08 bits per heavy atom. The van der Waals surface area contributed by atoms with Gasteiger partial charge in [0, 0.05) is 19.5 Å². The summed E-state index contributed by atoms with van der Waals surface area (Å²) >= 11 is 0. The van der Waals surface area contributed by atoms with Crippen molar-refractivity contribution in [3.8, 4) is 0 Å². The molecular formula is C40H66N6O6. The predicted octanol–water partition coefficient (Wildman–Crippen LogP) is 4.88. The highest BCUT2D eigenvalue weighted by molar-refractivity contribution is 5.95. The van der Waals surface area contributed by atoms with Crippen LogP contribution in [0.5, 0.6) is 0 Å². The van der Waals surface area contributed by atoms with Gasteiger partial charge in [0.1, 0.15) is 29.8 Å². The standard InChI is InChI=1S/C40H66N6O6/c1-29(43-39(51)52-40(2,3)4)35(47)45-34(31-22-15-12-16-23-31)38(50)46-27-19-24-33(46)37(49)44-32(28-30-20-13-11-14-21-30)36(48)42-26-18-10-8-6-5-7-9-17-25-41/h11,13-14,20-21,29,31-34H,5-10,12,15-19,22-28,41H2,1-4H3,(H,42,48)(H,43,51)(H,44,49)(H,45,47)/t29-,32-,33-,34-/m0/s1. The number of nitrogens with two attached hydrogens (primary N) is 1. The minimum atomic E-state index is -0.935. The maximum Gasteiger partial charge on any atom is 0.408 e. The van der Waals surface area contributed by atoms with Gasteiger partial charge in [-0.3, -0.25) is 19.2 Å². The first-order chi connectivity index (χ1) is 24.9. The molecule has 0 unspecified atom stereocenters. The molecular weight excluding hydrogens is 660 g/mol. The van der Waals surface area contributed by atoms with Crippen LogP contribution in [0.1, 0.15) is 130 Å². The van der Waals surface area contributed by atoms with E-state index in [9.17, 15) is 24.0 Å². The van der Waals surface area contributed by atoms with Crippen LogP contribution in [0, 0.1) is 5.92 Å². The SMILES string of the molecule is C[C@H](NC(=O)OC(C)(C)C)C(=O)N[C@H](C(=O)N1CCC[C@H]1C(=O)N[C@@H](Cc1ccccc1)C(=O)NCCCCCCCCCCN)C1CCCCC1. The molecule has 1 saturated carbocycles. The van der Waals surface area contributed by atoms with Crippen LogP contribution in [-0.2, 0) is 30.3 Å². The molecule has 1 aliphatic carbocycles. The third kappa shape index (κ3) is 15.1. The molecule has 3 rings (SSSR count). The second kappa shape index (κ2) is 22.4. The zero-order valence-corrected chi connectivity index (χ0v) is 32.2. The summed E-state index contributed by atoms with van der Waals surface area (Å²) in [7, 11) is 0. The molecule has 52 heavy (non-hydrogen) atoms. The molecule has 12 heteroatoms. The molecule has 0 bridgehead atoms. The second-order valence-electron chi connectivity index (χ2n) is 15.6. The zero-order valence-electron chi connectivity index (χ0n) is 32.2. The van der Waals surface area contributed by atoms with E-state index < -0.39 is 41.8 Å². The smallest absolute Gasteiger partial charge is 0.408 e. The third-order valence-corrected chi connectivity index (χ3v) is 10.00. The van der Waals surface area contributed by atoms with E-state index in [-0.39, 0.29) is 23.6 Å². The van der Waals surface area contributed by atoms with Gasteiger partial charge in [-0.15, -0.1) is 0 Å². The Balaban J connectivity index is 1.64. The molecule has 1 saturated heterocycles. The van der Waals surface area contributed by atoms with Crippen molar-refractivity contribution < 1.29 is 28.7 Å². The van der Waals surface area contributed by atoms with Crippen LogP contribution < -0.4 is 27.0 Å². The number of hydrogen-bond donors (Lipinski definition) is 5. The van der Waals surface area contributed by atoms with E-state index >= 15 is 0 Å². The number of unbranched alkanes of at least 4 members (excludes halogenated alkanes) is 7. The van der Waals surface area contributed by atoms with Gasteiger partial charge in [0.25, 0.3) is 0 Å². The lowest BCUT2D eigenvalue weighted by Gasteiger charge is -2.35. The number of hydrogen-bond acceptors (Lipinski definition) is 7. The number of rotatable bonds is 20. The van der Waals surface area contributed by atoms with Gasteiger partial charge in [-0.2, -0.15) is 0 Å². The van der Waals surface area contributed by atoms with Crippen LogP contribution in [0.15, 0.2) is 30.3 Å². The third-order valence-electron chi connectivity index (χ3n) is 10.00. The van der Waals surface area contributed by atoms with Crippen molar-refractivity contribution in [3.63, 3.8) is 0 Å². The second-order valence-corrected chi connectivity index (χ2v) is 15.6. The van der Waals surface area contributed by atoms with Crippen molar-refractivity contribution in [2.75, 3.05) is 19.6 Å². The number of likely N-dealkylation sites (tertiary alicyclic amines) is 1. The maximum atomic E-state index is 14.3. The summed E-state index contributed by atoms with van der Waals surface area (Å²) in [5.74, 6) is -1.49. The van der Waals surface area contributed by atoms with Gasteiger partial charge in [0.15, 0.2) is 0 Å². The molecule has 1 aromatic carbocycles. The number of nitrogens with one attached hydrogen (secondary N) is 4. The van der Waals surface area contributed by atoms with Crippen molar-refractivity contribution in [2.45, 2.75) is 160 Å². The molecule has 292 valence electrons. The fraction of sp³-hybridized carbons (Fsp3) is 0.725. The van der Waals surface area contributed by atoms with Crippen LogP contribution >= 0.6 is 0 Å². The molecule has 1 heterocycles. The molecule has 2 fully saturated rings. The van der Waals surface area contributed by atoms with E-state index in [0.29, 0.717) is 32.4 Å². The zero-order chi connectivity index (χ0) is 37.9. The van der Waals surface area contributed by atoms with Gasteiger partial charge >= 0.3 is 6.09 Å². The molecule has 1 aromatic rings. The average molecular weight is 727 g/mol. The molecule has 0 aromatic heterocycles. The quantitative estimate of drug-likeness (QED) is 0.119. The molecule has 5 amide bonds. The van der Waals surface area contributed by atoms with Crippen LogP contribution in [0.3, 0.4) is 0 Å². The van der Waals surface area contributed by atoms with Crippen LogP contribution in [0.4, 0.5) is 4.79 Å². The van der Waals surface area contributed by atoms with E-state index in [0.717, 1.165) is 69.9 Å². The summed E-state index contributed by atoms with van der Waals surface area (Å²) in [6.45, 7) is 8.44. The largest absolute Gasteiger partial charge is 0.444 e. The number of amides is 5. The molecule has 4 atom stereocenters. The number of carbonyl (C=O) groups is 5. The van der Waals surface area contributed by atoms with Gasteiger partial charge in [-0.25, -0.2) is 4.79 Å². The molecule has 12 nitrogen and oxygen atoms in total. The lowest BCUT2D eigenvalue weighted by Crippen LogP contribution is -2.59. The van der Waals surface area contributed by atoms with Crippen LogP contribution in [-0.4, -0.2) is 84.0 Å². The first-order valence-electron chi connectivity index (χ1n) is 19.8. The number of alkyl carbamates (subject to hydrolysis) is 1. The first kappa shape index (κ1) is 42.7. The normalized spacial score (nSPS) is 18.2. The van der Waals surface area contributed by atoms with E-state index in [1.165, 1.54) is 25.7 Å². The van der Waals surface area contributed by atoms with E-state index in [1.54, 1.807) is 32.6 Å². The number of ether oxygens (including phenoxy) is 1. The highest BCUT2D eigenvalue weighted by atomic mass is 16.6. The summed E-state index contributed by atoms with van der Waals surface area (Å²) in [5.41, 5.74) is 5.77. The fourth-order valence-electron chi connectivity index (χ4n) is 7.15. The Hall–Kier alpha value is -3.67. The molecule has 0 radical (unpaired) electrons. The Morgan fingerprint density at radius 1 is 0.808 bits per heavy atom. The van der Waals surface area contributed by atoms with E-state index in [4.69, 9.17) is 10.5 Å². The minimum absolute atomic E-state index is 0.0870. The molecule has 6 N–H and O–H groups in total. The predicted molar refractivity (Wildman–Crippen MR) is 203 cm³/mol. The van der Waals surface area contributed by atoms with Gasteiger partial charge in [0.2, 0.25) is 23.6 Å². The number of nitrogens with zero attached hydrogens (tertiary/aromatic N) is 1. The number of carbonyl (C=O) groups excluding carboxylic acids is 5. The topological polar surface area (TPSA) is 172 Å². The van der Waals surface area contributed by atoms with Gasteiger partial charge < -0.3 is 36.6 Å². The highest BCUT2D eigenvalue weighted by Crippen LogP contribution is 2.29. The summed E-state index contributed by atoms with van der Waals surface area (Å²) < 4.78 is 5.31. The molecule has 2 aliphatic rings. The summed E-state index contributed by atoms with van der Waals surface area (Å²) in [5, 5.41) is 11.5. The fourth-order valence-corrected chi connectivity index (χ4v) is 7.15. The Labute approximate surface area is 311 Å². The Morgan fingerprint density at radius 2 is 1.44 bits per heavy atom. The van der Waals surface area contributed by atoms with Gasteiger partial charge in [-0.05, 0) is 84.2 Å². The summed E-state index contributed by atoms with van der Waals surface area (Å²) in [6.07, 6.45) is 14.1. The molecule has 0 spiro atoms.